The summed E-state index contributed by atoms with van der Waals surface area (Å²) in [4.78, 5) is 12.3. The number of halogens is 1. The Morgan fingerprint density at radius 2 is 2.00 bits per heavy atom. The van der Waals surface area contributed by atoms with Crippen LogP contribution in [-0.4, -0.2) is 17.9 Å². The molecule has 2 aliphatic rings. The number of carbonyl (C=O) groups is 1. The molecule has 1 N–H and O–H groups in total. The monoisotopic (exact) mass is 247 g/mol. The molecule has 1 aromatic rings. The number of benzene rings is 1. The Kier molecular flexibility index (Phi) is 3.16. The van der Waals surface area contributed by atoms with Crippen molar-refractivity contribution in [1.82, 2.24) is 5.32 Å². The molecule has 2 fully saturated rings. The van der Waals surface area contributed by atoms with Gasteiger partial charge in [0.1, 0.15) is 5.82 Å². The first-order chi connectivity index (χ1) is 8.75. The van der Waals surface area contributed by atoms with Crippen molar-refractivity contribution in [2.24, 2.45) is 5.92 Å². The number of hydrogen-bond acceptors (Lipinski definition) is 2. The highest BCUT2D eigenvalue weighted by Crippen LogP contribution is 2.34. The summed E-state index contributed by atoms with van der Waals surface area (Å²) in [6, 6.07) is 6.57. The lowest BCUT2D eigenvalue weighted by Crippen LogP contribution is -2.37. The Bertz CT molecular complexity index is 446. The first kappa shape index (κ1) is 11.8. The standard InChI is InChI=1S/C15H18FNO/c16-12-7-3-2-6-11(12)15(18)14-9-10-5-1-4-8-13(10)17-14/h2-3,6-7,10,13-14,17H,1,4-5,8-9H2. The third kappa shape index (κ3) is 2.07. The quantitative estimate of drug-likeness (QED) is 0.814. The van der Waals surface area contributed by atoms with Crippen LogP contribution in [0.25, 0.3) is 0 Å². The van der Waals surface area contributed by atoms with Crippen molar-refractivity contribution in [1.29, 1.82) is 0 Å². The second-order valence-corrected chi connectivity index (χ2v) is 5.45. The highest BCUT2D eigenvalue weighted by Gasteiger charge is 2.38. The Labute approximate surface area is 107 Å². The SMILES string of the molecule is O=C(c1ccccc1F)C1CC2CCCCC2N1. The zero-order valence-electron chi connectivity index (χ0n) is 10.4. The van der Waals surface area contributed by atoms with Crippen LogP contribution in [0.15, 0.2) is 24.3 Å². The Morgan fingerprint density at radius 3 is 2.78 bits per heavy atom. The molecule has 1 aromatic carbocycles. The molecule has 0 radical (unpaired) electrons. The lowest BCUT2D eigenvalue weighted by atomic mass is 9.84. The maximum absolute atomic E-state index is 13.6. The van der Waals surface area contributed by atoms with Gasteiger partial charge in [-0.05, 0) is 37.3 Å². The molecule has 18 heavy (non-hydrogen) atoms. The van der Waals surface area contributed by atoms with Gasteiger partial charge in [-0.2, -0.15) is 0 Å². The highest BCUT2D eigenvalue weighted by atomic mass is 19.1. The van der Waals surface area contributed by atoms with E-state index in [9.17, 15) is 9.18 Å². The number of carbonyl (C=O) groups excluding carboxylic acids is 1. The molecule has 1 saturated heterocycles. The van der Waals surface area contributed by atoms with Gasteiger partial charge in [0.2, 0.25) is 0 Å². The molecule has 3 heteroatoms. The van der Waals surface area contributed by atoms with E-state index < -0.39 is 5.82 Å². The van der Waals surface area contributed by atoms with Crippen molar-refractivity contribution >= 4 is 5.78 Å². The van der Waals surface area contributed by atoms with Crippen LogP contribution < -0.4 is 5.32 Å². The molecule has 0 amide bonds. The van der Waals surface area contributed by atoms with Crippen LogP contribution in [0.4, 0.5) is 4.39 Å². The molecule has 0 spiro atoms. The van der Waals surface area contributed by atoms with E-state index in [1.54, 1.807) is 18.2 Å². The van der Waals surface area contributed by atoms with Crippen LogP contribution >= 0.6 is 0 Å². The van der Waals surface area contributed by atoms with Gasteiger partial charge in [-0.3, -0.25) is 4.79 Å². The van der Waals surface area contributed by atoms with Gasteiger partial charge in [0, 0.05) is 6.04 Å². The topological polar surface area (TPSA) is 29.1 Å². The van der Waals surface area contributed by atoms with E-state index in [0.717, 1.165) is 12.8 Å². The first-order valence-electron chi connectivity index (χ1n) is 6.80. The molecular weight excluding hydrogens is 229 g/mol. The van der Waals surface area contributed by atoms with Crippen molar-refractivity contribution in [3.05, 3.63) is 35.6 Å². The Balaban J connectivity index is 1.76. The van der Waals surface area contributed by atoms with Crippen LogP contribution in [0, 0.1) is 11.7 Å². The van der Waals surface area contributed by atoms with Crippen LogP contribution in [0.2, 0.25) is 0 Å². The van der Waals surface area contributed by atoms with E-state index in [-0.39, 0.29) is 17.4 Å². The highest BCUT2D eigenvalue weighted by molar-refractivity contribution is 6.00. The van der Waals surface area contributed by atoms with Gasteiger partial charge in [-0.25, -0.2) is 4.39 Å². The predicted octanol–water partition coefficient (Wildman–Crippen LogP) is 2.93. The molecule has 1 heterocycles. The minimum atomic E-state index is -0.404. The van der Waals surface area contributed by atoms with E-state index in [1.165, 1.54) is 25.3 Å². The van der Waals surface area contributed by atoms with Gasteiger partial charge >= 0.3 is 0 Å². The second kappa shape index (κ2) is 4.81. The number of ketones is 1. The number of nitrogens with one attached hydrogen (secondary N) is 1. The Morgan fingerprint density at radius 1 is 1.22 bits per heavy atom. The van der Waals surface area contributed by atoms with Crippen LogP contribution in [-0.2, 0) is 0 Å². The second-order valence-electron chi connectivity index (χ2n) is 5.45. The molecule has 3 atom stereocenters. The predicted molar refractivity (Wildman–Crippen MR) is 68.0 cm³/mol. The lowest BCUT2D eigenvalue weighted by Gasteiger charge is -2.24. The molecule has 2 nitrogen and oxygen atoms in total. The van der Waals surface area contributed by atoms with Gasteiger partial charge in [-0.1, -0.05) is 25.0 Å². The summed E-state index contributed by atoms with van der Waals surface area (Å²) in [5, 5.41) is 3.40. The van der Waals surface area contributed by atoms with E-state index in [2.05, 4.69) is 5.32 Å². The number of hydrogen-bond donors (Lipinski definition) is 1. The lowest BCUT2D eigenvalue weighted by molar-refractivity contribution is 0.0945. The average Bonchev–Trinajstić information content (AvgIpc) is 2.82. The fourth-order valence-electron chi connectivity index (χ4n) is 3.37. The van der Waals surface area contributed by atoms with Gasteiger partial charge in [0.25, 0.3) is 0 Å². The zero-order chi connectivity index (χ0) is 12.5. The fourth-order valence-corrected chi connectivity index (χ4v) is 3.37. The number of fused-ring (bicyclic) bond motifs is 1. The summed E-state index contributed by atoms with van der Waals surface area (Å²) in [6.45, 7) is 0. The fraction of sp³-hybridized carbons (Fsp3) is 0.533. The molecule has 1 saturated carbocycles. The van der Waals surface area contributed by atoms with Crippen LogP contribution in [0.1, 0.15) is 42.5 Å². The molecule has 1 aliphatic carbocycles. The van der Waals surface area contributed by atoms with E-state index >= 15 is 0 Å². The largest absolute Gasteiger partial charge is 0.304 e. The van der Waals surface area contributed by atoms with Gasteiger partial charge in [-0.15, -0.1) is 0 Å². The maximum Gasteiger partial charge on any atom is 0.182 e. The van der Waals surface area contributed by atoms with E-state index in [1.807, 2.05) is 0 Å². The molecule has 0 aromatic heterocycles. The summed E-state index contributed by atoms with van der Waals surface area (Å²) in [5.41, 5.74) is 0.230. The zero-order valence-corrected chi connectivity index (χ0v) is 10.4. The summed E-state index contributed by atoms with van der Waals surface area (Å²) in [5.74, 6) is 0.126. The first-order valence-corrected chi connectivity index (χ1v) is 6.80. The smallest absolute Gasteiger partial charge is 0.182 e. The summed E-state index contributed by atoms with van der Waals surface area (Å²) in [6.07, 6.45) is 5.75. The normalized spacial score (nSPS) is 31.1. The summed E-state index contributed by atoms with van der Waals surface area (Å²) >= 11 is 0. The summed E-state index contributed by atoms with van der Waals surface area (Å²) < 4.78 is 13.6. The number of Topliss-reactive ketones (excluding diaryl/α,β-unsaturated/α-hetero) is 1. The molecule has 96 valence electrons. The van der Waals surface area contributed by atoms with Crippen molar-refractivity contribution in [3.63, 3.8) is 0 Å². The Hall–Kier alpha value is -1.22. The molecular formula is C15H18FNO. The summed E-state index contributed by atoms with van der Waals surface area (Å²) in [7, 11) is 0. The minimum Gasteiger partial charge on any atom is -0.304 e. The van der Waals surface area contributed by atoms with Crippen LogP contribution in [0.3, 0.4) is 0 Å². The third-order valence-electron chi connectivity index (χ3n) is 4.32. The van der Waals surface area contributed by atoms with Crippen LogP contribution in [0.5, 0.6) is 0 Å². The average molecular weight is 247 g/mol. The molecule has 3 rings (SSSR count). The minimum absolute atomic E-state index is 0.0810. The van der Waals surface area contributed by atoms with Crippen molar-refractivity contribution in [3.8, 4) is 0 Å². The maximum atomic E-state index is 13.6. The van der Waals surface area contributed by atoms with Crippen molar-refractivity contribution in [2.45, 2.75) is 44.2 Å². The van der Waals surface area contributed by atoms with E-state index in [0.29, 0.717) is 12.0 Å². The van der Waals surface area contributed by atoms with Gasteiger partial charge in [0.05, 0.1) is 11.6 Å². The molecule has 1 aliphatic heterocycles. The van der Waals surface area contributed by atoms with Crippen molar-refractivity contribution in [2.75, 3.05) is 0 Å². The molecule has 0 bridgehead atoms. The molecule has 3 unspecified atom stereocenters. The number of rotatable bonds is 2. The van der Waals surface area contributed by atoms with Gasteiger partial charge < -0.3 is 5.32 Å². The third-order valence-corrected chi connectivity index (χ3v) is 4.32. The van der Waals surface area contributed by atoms with Crippen molar-refractivity contribution < 1.29 is 9.18 Å². The van der Waals surface area contributed by atoms with E-state index in [4.69, 9.17) is 0 Å². The van der Waals surface area contributed by atoms with Gasteiger partial charge in [0.15, 0.2) is 5.78 Å².